The summed E-state index contributed by atoms with van der Waals surface area (Å²) < 4.78 is 0. The number of halogens is 1. The number of rotatable bonds is 9. The topological polar surface area (TPSA) is 39.7 Å². The van der Waals surface area contributed by atoms with Gasteiger partial charge in [0.25, 0.3) is 0 Å². The van der Waals surface area contributed by atoms with Crippen molar-refractivity contribution in [3.63, 3.8) is 0 Å². The van der Waals surface area contributed by atoms with E-state index in [2.05, 4.69) is 79.5 Å². The quantitative estimate of drug-likeness (QED) is 0.263. The Bertz CT molecular complexity index is 457. The molecule has 0 unspecified atom stereocenters. The Morgan fingerprint density at radius 1 is 1.12 bits per heavy atom. The lowest BCUT2D eigenvalue weighted by Crippen LogP contribution is -2.38. The van der Waals surface area contributed by atoms with Gasteiger partial charge in [-0.15, -0.1) is 24.0 Å². The molecule has 138 valence electrons. The maximum atomic E-state index is 4.66. The first-order valence-corrected chi connectivity index (χ1v) is 8.81. The predicted octanol–water partition coefficient (Wildman–Crippen LogP) is 3.79. The molecule has 2 N–H and O–H groups in total. The third kappa shape index (κ3) is 10.1. The van der Waals surface area contributed by atoms with Gasteiger partial charge in [-0.25, -0.2) is 4.99 Å². The average Bonchev–Trinajstić information content (AvgIpc) is 2.53. The van der Waals surface area contributed by atoms with Gasteiger partial charge in [-0.3, -0.25) is 0 Å². The van der Waals surface area contributed by atoms with Gasteiger partial charge in [-0.2, -0.15) is 0 Å². The summed E-state index contributed by atoms with van der Waals surface area (Å²) in [6, 6.07) is 9.18. The molecule has 0 fully saturated rings. The first-order chi connectivity index (χ1) is 11.0. The van der Waals surface area contributed by atoms with Crippen LogP contribution in [-0.2, 0) is 6.54 Å². The van der Waals surface area contributed by atoms with Crippen molar-refractivity contribution in [1.82, 2.24) is 15.5 Å². The molecule has 1 aromatic carbocycles. The van der Waals surface area contributed by atoms with Crippen LogP contribution in [0, 0.1) is 6.92 Å². The maximum absolute atomic E-state index is 4.66. The smallest absolute Gasteiger partial charge is 0.191 e. The number of hydrogen-bond donors (Lipinski definition) is 2. The summed E-state index contributed by atoms with van der Waals surface area (Å²) in [5, 5.41) is 6.74. The molecular formula is C19H35IN4. The third-order valence-corrected chi connectivity index (χ3v) is 4.00. The number of aryl methyl sites for hydroxylation is 1. The van der Waals surface area contributed by atoms with Crippen LogP contribution in [0.2, 0.25) is 0 Å². The van der Waals surface area contributed by atoms with Gasteiger partial charge < -0.3 is 15.5 Å². The van der Waals surface area contributed by atoms with Crippen molar-refractivity contribution in [3.8, 4) is 0 Å². The van der Waals surface area contributed by atoms with Crippen molar-refractivity contribution in [2.24, 2.45) is 4.99 Å². The van der Waals surface area contributed by atoms with Gasteiger partial charge in [-0.1, -0.05) is 29.8 Å². The van der Waals surface area contributed by atoms with Crippen molar-refractivity contribution in [3.05, 3.63) is 35.4 Å². The molecule has 24 heavy (non-hydrogen) atoms. The van der Waals surface area contributed by atoms with Crippen LogP contribution < -0.4 is 10.6 Å². The van der Waals surface area contributed by atoms with Gasteiger partial charge in [0.05, 0.1) is 6.54 Å². The second-order valence-electron chi connectivity index (χ2n) is 6.39. The van der Waals surface area contributed by atoms with E-state index in [1.165, 1.54) is 17.5 Å². The van der Waals surface area contributed by atoms with Crippen LogP contribution in [0.1, 0.15) is 44.7 Å². The monoisotopic (exact) mass is 446 g/mol. The molecule has 0 aliphatic heterocycles. The third-order valence-electron chi connectivity index (χ3n) is 4.00. The summed E-state index contributed by atoms with van der Waals surface area (Å²) in [6.07, 6.45) is 2.37. The van der Waals surface area contributed by atoms with Crippen LogP contribution in [-0.4, -0.2) is 43.6 Å². The van der Waals surface area contributed by atoms with E-state index >= 15 is 0 Å². The molecule has 0 aliphatic carbocycles. The summed E-state index contributed by atoms with van der Waals surface area (Å²) >= 11 is 0. The molecule has 0 bridgehead atoms. The SMILES string of the molecule is CCNC(=NCc1ccc(C)cc1)NCCCCN(C)C(C)C.I. The van der Waals surface area contributed by atoms with E-state index in [0.29, 0.717) is 12.6 Å². The number of guanidine groups is 1. The Labute approximate surface area is 165 Å². The van der Waals surface area contributed by atoms with E-state index < -0.39 is 0 Å². The van der Waals surface area contributed by atoms with E-state index in [0.717, 1.165) is 32.0 Å². The van der Waals surface area contributed by atoms with Crippen LogP contribution in [0.5, 0.6) is 0 Å². The van der Waals surface area contributed by atoms with E-state index in [1.54, 1.807) is 0 Å². The Balaban J connectivity index is 0.00000529. The van der Waals surface area contributed by atoms with E-state index in [9.17, 15) is 0 Å². The molecule has 0 aromatic heterocycles. The molecule has 5 heteroatoms. The van der Waals surface area contributed by atoms with Crippen LogP contribution in [0.25, 0.3) is 0 Å². The lowest BCUT2D eigenvalue weighted by molar-refractivity contribution is 0.268. The normalized spacial score (nSPS) is 11.5. The summed E-state index contributed by atoms with van der Waals surface area (Å²) in [5.74, 6) is 0.908. The molecule has 0 atom stereocenters. The Morgan fingerprint density at radius 3 is 2.38 bits per heavy atom. The zero-order valence-electron chi connectivity index (χ0n) is 15.9. The van der Waals surface area contributed by atoms with Crippen LogP contribution in [0.4, 0.5) is 0 Å². The van der Waals surface area contributed by atoms with Crippen LogP contribution in [0.15, 0.2) is 29.3 Å². The summed E-state index contributed by atoms with van der Waals surface area (Å²) in [7, 11) is 2.19. The molecule has 4 nitrogen and oxygen atoms in total. The number of aliphatic imine (C=N–C) groups is 1. The minimum absolute atomic E-state index is 0. The fourth-order valence-electron chi connectivity index (χ4n) is 2.16. The molecule has 0 saturated heterocycles. The van der Waals surface area contributed by atoms with Gasteiger partial charge in [0.2, 0.25) is 0 Å². The predicted molar refractivity (Wildman–Crippen MR) is 116 cm³/mol. The Morgan fingerprint density at radius 2 is 1.79 bits per heavy atom. The lowest BCUT2D eigenvalue weighted by Gasteiger charge is -2.20. The van der Waals surface area contributed by atoms with E-state index in [4.69, 9.17) is 0 Å². The van der Waals surface area contributed by atoms with Crippen LogP contribution >= 0.6 is 24.0 Å². The van der Waals surface area contributed by atoms with Gasteiger partial charge in [0.15, 0.2) is 5.96 Å². The number of hydrogen-bond acceptors (Lipinski definition) is 2. The molecule has 1 aromatic rings. The number of nitrogens with zero attached hydrogens (tertiary/aromatic N) is 2. The molecule has 0 spiro atoms. The minimum Gasteiger partial charge on any atom is -0.357 e. The fraction of sp³-hybridized carbons (Fsp3) is 0.632. The van der Waals surface area contributed by atoms with Crippen molar-refractivity contribution in [2.75, 3.05) is 26.7 Å². The highest BCUT2D eigenvalue weighted by atomic mass is 127. The second kappa shape index (κ2) is 13.5. The largest absolute Gasteiger partial charge is 0.357 e. The lowest BCUT2D eigenvalue weighted by atomic mass is 10.1. The minimum atomic E-state index is 0. The molecule has 0 saturated carbocycles. The molecule has 0 radical (unpaired) electrons. The zero-order chi connectivity index (χ0) is 17.1. The molecule has 0 heterocycles. The maximum Gasteiger partial charge on any atom is 0.191 e. The Kier molecular flexibility index (Phi) is 13.0. The fourth-order valence-corrected chi connectivity index (χ4v) is 2.16. The number of unbranched alkanes of at least 4 members (excludes halogenated alkanes) is 1. The zero-order valence-corrected chi connectivity index (χ0v) is 18.3. The molecule has 0 amide bonds. The van der Waals surface area contributed by atoms with E-state index in [-0.39, 0.29) is 24.0 Å². The summed E-state index contributed by atoms with van der Waals surface area (Å²) in [6.45, 7) is 12.4. The molecule has 0 aliphatic rings. The van der Waals surface area contributed by atoms with Gasteiger partial charge in [0, 0.05) is 19.1 Å². The highest BCUT2D eigenvalue weighted by molar-refractivity contribution is 14.0. The number of nitrogens with one attached hydrogen (secondary N) is 2. The van der Waals surface area contributed by atoms with Crippen LogP contribution in [0.3, 0.4) is 0 Å². The average molecular weight is 446 g/mol. The molecular weight excluding hydrogens is 411 g/mol. The summed E-state index contributed by atoms with van der Waals surface area (Å²) in [5.41, 5.74) is 2.53. The van der Waals surface area contributed by atoms with Crippen molar-refractivity contribution < 1.29 is 0 Å². The second-order valence-corrected chi connectivity index (χ2v) is 6.39. The highest BCUT2D eigenvalue weighted by Gasteiger charge is 2.02. The summed E-state index contributed by atoms with van der Waals surface area (Å²) in [4.78, 5) is 7.04. The van der Waals surface area contributed by atoms with Crippen molar-refractivity contribution in [1.29, 1.82) is 0 Å². The molecule has 1 rings (SSSR count). The van der Waals surface area contributed by atoms with Gasteiger partial charge in [0.1, 0.15) is 0 Å². The first kappa shape index (κ1) is 23.2. The van der Waals surface area contributed by atoms with E-state index in [1.807, 2.05) is 0 Å². The van der Waals surface area contributed by atoms with Crippen molar-refractivity contribution >= 4 is 29.9 Å². The van der Waals surface area contributed by atoms with Crippen molar-refractivity contribution in [2.45, 2.75) is 53.1 Å². The Hall–Kier alpha value is -0.820. The number of benzene rings is 1. The van der Waals surface area contributed by atoms with Gasteiger partial charge >= 0.3 is 0 Å². The highest BCUT2D eigenvalue weighted by Crippen LogP contribution is 2.04. The van der Waals surface area contributed by atoms with Gasteiger partial charge in [-0.05, 0) is 59.7 Å². The standard InChI is InChI=1S/C19H34N4.HI/c1-6-20-19(21-13-7-8-14-23(5)16(2)3)22-15-18-11-9-17(4)10-12-18;/h9-12,16H,6-8,13-15H2,1-5H3,(H2,20,21,22);1H. The first-order valence-electron chi connectivity index (χ1n) is 8.81.